The number of methoxy groups -OCH3 is 1. The predicted molar refractivity (Wildman–Crippen MR) is 88.9 cm³/mol. The third kappa shape index (κ3) is 2.74. The number of ether oxygens (including phenoxy) is 2. The van der Waals surface area contributed by atoms with Crippen molar-refractivity contribution in [1.29, 1.82) is 0 Å². The van der Waals surface area contributed by atoms with Gasteiger partial charge in [-0.05, 0) is 30.2 Å². The molecule has 0 saturated heterocycles. The molecule has 0 aromatic heterocycles. The van der Waals surface area contributed by atoms with Crippen molar-refractivity contribution in [3.63, 3.8) is 0 Å². The summed E-state index contributed by atoms with van der Waals surface area (Å²) in [6, 6.07) is 9.87. The van der Waals surface area contributed by atoms with Crippen molar-refractivity contribution in [3.05, 3.63) is 63.2 Å². The Morgan fingerprint density at radius 3 is 2.67 bits per heavy atom. The zero-order chi connectivity index (χ0) is 17.3. The summed E-state index contributed by atoms with van der Waals surface area (Å²) in [4.78, 5) is 22.7. The van der Waals surface area contributed by atoms with Gasteiger partial charge in [0.2, 0.25) is 0 Å². The summed E-state index contributed by atoms with van der Waals surface area (Å²) < 4.78 is 10.8. The predicted octanol–water partition coefficient (Wildman–Crippen LogP) is 3.98. The molecule has 6 heteroatoms. The van der Waals surface area contributed by atoms with Crippen LogP contribution in [0.2, 0.25) is 0 Å². The van der Waals surface area contributed by atoms with Gasteiger partial charge in [-0.1, -0.05) is 19.1 Å². The fourth-order valence-corrected chi connectivity index (χ4v) is 2.58. The summed E-state index contributed by atoms with van der Waals surface area (Å²) in [5.74, 6) is 0.455. The highest BCUT2D eigenvalue weighted by Gasteiger charge is 2.23. The van der Waals surface area contributed by atoms with E-state index in [-0.39, 0.29) is 5.69 Å². The average Bonchev–Trinajstić information content (AvgIpc) is 2.75. The van der Waals surface area contributed by atoms with Crippen LogP contribution in [0.25, 0.3) is 11.6 Å². The zero-order valence-electron chi connectivity index (χ0n) is 13.2. The number of non-ortho nitro benzene ring substituents is 1. The number of nitro groups is 1. The Balaban J connectivity index is 2.23. The van der Waals surface area contributed by atoms with Gasteiger partial charge in [0.15, 0.2) is 0 Å². The van der Waals surface area contributed by atoms with Crippen molar-refractivity contribution in [2.45, 2.75) is 13.3 Å². The number of benzene rings is 2. The normalized spacial score (nSPS) is 12.2. The van der Waals surface area contributed by atoms with Gasteiger partial charge in [0.1, 0.15) is 11.5 Å². The fourth-order valence-electron chi connectivity index (χ4n) is 2.58. The lowest BCUT2D eigenvalue weighted by molar-refractivity contribution is -0.384. The number of hydrogen-bond donors (Lipinski definition) is 0. The van der Waals surface area contributed by atoms with Crippen LogP contribution in [0.4, 0.5) is 5.69 Å². The van der Waals surface area contributed by atoms with Gasteiger partial charge in [-0.15, -0.1) is 0 Å². The molecule has 24 heavy (non-hydrogen) atoms. The molecule has 0 saturated carbocycles. The summed E-state index contributed by atoms with van der Waals surface area (Å²) in [5.41, 5.74) is 2.34. The number of nitrogens with zero attached hydrogens (tertiary/aromatic N) is 1. The van der Waals surface area contributed by atoms with E-state index in [0.29, 0.717) is 28.2 Å². The van der Waals surface area contributed by atoms with Gasteiger partial charge in [-0.2, -0.15) is 0 Å². The highest BCUT2D eigenvalue weighted by molar-refractivity contribution is 6.22. The molecular weight excluding hydrogens is 310 g/mol. The molecule has 0 atom stereocenters. The molecule has 122 valence electrons. The minimum atomic E-state index is -0.525. The van der Waals surface area contributed by atoms with E-state index in [1.54, 1.807) is 12.1 Å². The number of esters is 1. The number of aryl methyl sites for hydroxylation is 1. The first-order valence-electron chi connectivity index (χ1n) is 7.43. The van der Waals surface area contributed by atoms with Gasteiger partial charge in [-0.3, -0.25) is 10.1 Å². The molecule has 2 aromatic carbocycles. The van der Waals surface area contributed by atoms with Gasteiger partial charge < -0.3 is 9.47 Å². The highest BCUT2D eigenvalue weighted by Crippen LogP contribution is 2.40. The van der Waals surface area contributed by atoms with Crippen LogP contribution in [0.15, 0.2) is 36.4 Å². The lowest BCUT2D eigenvalue weighted by Gasteiger charge is -2.11. The lowest BCUT2D eigenvalue weighted by Crippen LogP contribution is -2.04. The van der Waals surface area contributed by atoms with Gasteiger partial charge in [0, 0.05) is 23.3 Å². The van der Waals surface area contributed by atoms with Crippen LogP contribution in [0.3, 0.4) is 0 Å². The Kier molecular flexibility index (Phi) is 4.04. The van der Waals surface area contributed by atoms with E-state index in [1.807, 2.05) is 19.1 Å². The minimum Gasteiger partial charge on any atom is -0.465 e. The largest absolute Gasteiger partial charge is 0.465 e. The first-order valence-corrected chi connectivity index (χ1v) is 7.43. The van der Waals surface area contributed by atoms with Crippen LogP contribution in [0, 0.1) is 10.1 Å². The van der Waals surface area contributed by atoms with Crippen molar-refractivity contribution in [2.24, 2.45) is 0 Å². The third-order valence-corrected chi connectivity index (χ3v) is 3.87. The van der Waals surface area contributed by atoms with Gasteiger partial charge >= 0.3 is 5.97 Å². The molecule has 0 fully saturated rings. The second-order valence-corrected chi connectivity index (χ2v) is 5.31. The van der Waals surface area contributed by atoms with Crippen LogP contribution in [0.1, 0.15) is 23.6 Å². The van der Waals surface area contributed by atoms with E-state index >= 15 is 0 Å². The molecule has 1 aliphatic rings. The summed E-state index contributed by atoms with van der Waals surface area (Å²) in [5, 5.41) is 11.0. The molecule has 0 bridgehead atoms. The quantitative estimate of drug-likeness (QED) is 0.484. The first kappa shape index (κ1) is 15.7. The number of carbonyl (C=O) groups excluding carboxylic acids is 1. The maximum Gasteiger partial charge on any atom is 0.338 e. The molecule has 1 aliphatic heterocycles. The Hall–Kier alpha value is -3.15. The molecule has 0 amide bonds. The second-order valence-electron chi connectivity index (χ2n) is 5.31. The molecule has 2 aromatic rings. The molecule has 0 N–H and O–H groups in total. The standard InChI is InChI=1S/C18H15NO5/c1-3-11-4-6-14-15(18(20)23-2)10-12-9-13(19(21)22)5-7-16(12)24-17(14)8-11/h4-10H,3H2,1-2H3. The Morgan fingerprint density at radius 2 is 2.00 bits per heavy atom. The maximum absolute atomic E-state index is 12.2. The Morgan fingerprint density at radius 1 is 1.21 bits per heavy atom. The van der Waals surface area contributed by atoms with Crippen molar-refractivity contribution in [2.75, 3.05) is 7.11 Å². The SMILES string of the molecule is CCc1ccc2c(c1)Oc1ccc([N+](=O)[O-])cc1C=C2C(=O)OC. The lowest BCUT2D eigenvalue weighted by atomic mass is 10.0. The van der Waals surface area contributed by atoms with E-state index < -0.39 is 10.9 Å². The van der Waals surface area contributed by atoms with Crippen LogP contribution < -0.4 is 4.74 Å². The van der Waals surface area contributed by atoms with Crippen LogP contribution in [-0.2, 0) is 16.0 Å². The van der Waals surface area contributed by atoms with Gasteiger partial charge in [-0.25, -0.2) is 4.79 Å². The molecule has 0 radical (unpaired) electrons. The summed E-state index contributed by atoms with van der Waals surface area (Å²) in [6.07, 6.45) is 2.38. The van der Waals surface area contributed by atoms with Crippen LogP contribution in [-0.4, -0.2) is 18.0 Å². The van der Waals surface area contributed by atoms with Gasteiger partial charge in [0.05, 0.1) is 17.6 Å². The summed E-state index contributed by atoms with van der Waals surface area (Å²) in [6.45, 7) is 2.02. The Labute approximate surface area is 138 Å². The Bertz CT molecular complexity index is 870. The summed E-state index contributed by atoms with van der Waals surface area (Å²) in [7, 11) is 1.30. The van der Waals surface area contributed by atoms with E-state index in [4.69, 9.17) is 9.47 Å². The monoisotopic (exact) mass is 325 g/mol. The molecule has 0 aliphatic carbocycles. The number of carbonyl (C=O) groups is 1. The number of rotatable bonds is 3. The van der Waals surface area contributed by atoms with E-state index in [1.165, 1.54) is 25.3 Å². The van der Waals surface area contributed by atoms with Crippen LogP contribution >= 0.6 is 0 Å². The first-order chi connectivity index (χ1) is 11.5. The number of hydrogen-bond acceptors (Lipinski definition) is 5. The molecule has 3 rings (SSSR count). The molecular formula is C18H15NO5. The van der Waals surface area contributed by atoms with Crippen LogP contribution in [0.5, 0.6) is 11.5 Å². The zero-order valence-corrected chi connectivity index (χ0v) is 13.2. The van der Waals surface area contributed by atoms with Crippen molar-refractivity contribution < 1.29 is 19.2 Å². The number of fused-ring (bicyclic) bond motifs is 2. The maximum atomic E-state index is 12.2. The fraction of sp³-hybridized carbons (Fsp3) is 0.167. The highest BCUT2D eigenvalue weighted by atomic mass is 16.6. The van der Waals surface area contributed by atoms with E-state index in [9.17, 15) is 14.9 Å². The summed E-state index contributed by atoms with van der Waals surface area (Å²) >= 11 is 0. The second kappa shape index (κ2) is 6.16. The van der Waals surface area contributed by atoms with E-state index in [2.05, 4.69) is 0 Å². The minimum absolute atomic E-state index is 0.0713. The van der Waals surface area contributed by atoms with Crippen molar-refractivity contribution >= 4 is 23.3 Å². The third-order valence-electron chi connectivity index (χ3n) is 3.87. The van der Waals surface area contributed by atoms with Crippen molar-refractivity contribution in [3.8, 4) is 11.5 Å². The van der Waals surface area contributed by atoms with E-state index in [0.717, 1.165) is 12.0 Å². The average molecular weight is 325 g/mol. The molecule has 1 heterocycles. The molecule has 6 nitrogen and oxygen atoms in total. The molecule has 0 unspecified atom stereocenters. The smallest absolute Gasteiger partial charge is 0.338 e. The van der Waals surface area contributed by atoms with Gasteiger partial charge in [0.25, 0.3) is 5.69 Å². The van der Waals surface area contributed by atoms with Crippen molar-refractivity contribution in [1.82, 2.24) is 0 Å². The molecule has 0 spiro atoms. The topological polar surface area (TPSA) is 78.7 Å². The number of nitro benzene ring substituents is 1.